The van der Waals surface area contributed by atoms with Crippen LogP contribution in [0.4, 0.5) is 4.79 Å². The van der Waals surface area contributed by atoms with Crippen molar-refractivity contribution in [2.24, 2.45) is 0 Å². The molecule has 0 spiro atoms. The van der Waals surface area contributed by atoms with E-state index < -0.39 is 5.60 Å². The topological polar surface area (TPSA) is 32.8 Å². The third-order valence-corrected chi connectivity index (χ3v) is 3.12. The molecule has 0 aromatic rings. The second-order valence-corrected chi connectivity index (χ2v) is 5.93. The Bertz CT molecular complexity index is 261. The molecule has 4 nitrogen and oxygen atoms in total. The average Bonchev–Trinajstić information content (AvgIpc) is 2.57. The molecule has 0 aliphatic carbocycles. The van der Waals surface area contributed by atoms with Gasteiger partial charge in [0.15, 0.2) is 0 Å². The highest BCUT2D eigenvalue weighted by Gasteiger charge is 2.23. The van der Waals surface area contributed by atoms with Crippen molar-refractivity contribution in [3.05, 3.63) is 0 Å². The largest absolute Gasteiger partial charge is 0.444 e. The lowest BCUT2D eigenvalue weighted by Gasteiger charge is -2.27. The Hall–Kier alpha value is -0.770. The Labute approximate surface area is 105 Å². The van der Waals surface area contributed by atoms with Crippen LogP contribution in [0.25, 0.3) is 0 Å². The molecule has 100 valence electrons. The van der Waals surface area contributed by atoms with Crippen molar-refractivity contribution in [3.8, 4) is 0 Å². The number of nitrogens with zero attached hydrogens (tertiary/aromatic N) is 2. The van der Waals surface area contributed by atoms with E-state index in [-0.39, 0.29) is 6.09 Å². The molecule has 1 atom stereocenters. The van der Waals surface area contributed by atoms with Gasteiger partial charge >= 0.3 is 6.09 Å². The SMILES string of the molecule is CC1CCCN1CCN(C)C(=O)OC(C)(C)C. The van der Waals surface area contributed by atoms with E-state index in [2.05, 4.69) is 11.8 Å². The highest BCUT2D eigenvalue weighted by atomic mass is 16.6. The highest BCUT2D eigenvalue weighted by Crippen LogP contribution is 2.16. The first kappa shape index (κ1) is 14.3. The Morgan fingerprint density at radius 1 is 1.47 bits per heavy atom. The van der Waals surface area contributed by atoms with Crippen molar-refractivity contribution in [2.75, 3.05) is 26.7 Å². The summed E-state index contributed by atoms with van der Waals surface area (Å²) < 4.78 is 5.31. The van der Waals surface area contributed by atoms with Gasteiger partial charge < -0.3 is 9.64 Å². The van der Waals surface area contributed by atoms with Crippen LogP contribution >= 0.6 is 0 Å². The number of likely N-dealkylation sites (N-methyl/N-ethyl adjacent to an activating group) is 1. The molecule has 1 unspecified atom stereocenters. The molecular formula is C13H26N2O2. The molecule has 1 saturated heterocycles. The lowest BCUT2D eigenvalue weighted by atomic mass is 10.2. The molecule has 0 bridgehead atoms. The molecule has 0 N–H and O–H groups in total. The average molecular weight is 242 g/mol. The maximum atomic E-state index is 11.7. The lowest BCUT2D eigenvalue weighted by Crippen LogP contribution is -2.40. The van der Waals surface area contributed by atoms with E-state index in [1.54, 1.807) is 11.9 Å². The zero-order chi connectivity index (χ0) is 13.1. The van der Waals surface area contributed by atoms with Crippen LogP contribution in [0.2, 0.25) is 0 Å². The molecule has 1 heterocycles. The van der Waals surface area contributed by atoms with Crippen LogP contribution in [0.1, 0.15) is 40.5 Å². The van der Waals surface area contributed by atoms with Crippen LogP contribution in [0.5, 0.6) is 0 Å². The monoisotopic (exact) mass is 242 g/mol. The minimum Gasteiger partial charge on any atom is -0.444 e. The fourth-order valence-electron chi connectivity index (χ4n) is 2.03. The number of likely N-dealkylation sites (tertiary alicyclic amines) is 1. The van der Waals surface area contributed by atoms with Crippen molar-refractivity contribution in [1.82, 2.24) is 9.80 Å². The third kappa shape index (κ3) is 4.94. The molecule has 1 aliphatic heterocycles. The molecule has 0 radical (unpaired) electrons. The van der Waals surface area contributed by atoms with Crippen molar-refractivity contribution in [3.63, 3.8) is 0 Å². The Morgan fingerprint density at radius 2 is 2.12 bits per heavy atom. The number of hydrogen-bond acceptors (Lipinski definition) is 3. The van der Waals surface area contributed by atoms with E-state index in [1.807, 2.05) is 20.8 Å². The fourth-order valence-corrected chi connectivity index (χ4v) is 2.03. The van der Waals surface area contributed by atoms with Gasteiger partial charge in [0.1, 0.15) is 5.60 Å². The smallest absolute Gasteiger partial charge is 0.410 e. The summed E-state index contributed by atoms with van der Waals surface area (Å²) in [6.07, 6.45) is 2.32. The van der Waals surface area contributed by atoms with E-state index in [1.165, 1.54) is 12.8 Å². The van der Waals surface area contributed by atoms with Gasteiger partial charge in [-0.05, 0) is 47.1 Å². The first-order valence-electron chi connectivity index (χ1n) is 6.48. The van der Waals surface area contributed by atoms with E-state index >= 15 is 0 Å². The van der Waals surface area contributed by atoms with Crippen LogP contribution in [-0.4, -0.2) is 54.2 Å². The summed E-state index contributed by atoms with van der Waals surface area (Å²) in [5.74, 6) is 0. The Morgan fingerprint density at radius 3 is 2.59 bits per heavy atom. The summed E-state index contributed by atoms with van der Waals surface area (Å²) in [6, 6.07) is 0.655. The van der Waals surface area contributed by atoms with Gasteiger partial charge in [-0.15, -0.1) is 0 Å². The van der Waals surface area contributed by atoms with Gasteiger partial charge in [0, 0.05) is 26.2 Å². The predicted molar refractivity (Wildman–Crippen MR) is 69.1 cm³/mol. The van der Waals surface area contributed by atoms with Crippen LogP contribution in [0.15, 0.2) is 0 Å². The van der Waals surface area contributed by atoms with Gasteiger partial charge in [-0.1, -0.05) is 0 Å². The van der Waals surface area contributed by atoms with Gasteiger partial charge in [0.25, 0.3) is 0 Å². The summed E-state index contributed by atoms with van der Waals surface area (Å²) in [4.78, 5) is 15.8. The van der Waals surface area contributed by atoms with Crippen molar-refractivity contribution in [1.29, 1.82) is 0 Å². The van der Waals surface area contributed by atoms with E-state index in [0.717, 1.165) is 19.6 Å². The van der Waals surface area contributed by atoms with Gasteiger partial charge in [-0.3, -0.25) is 4.90 Å². The molecule has 0 aromatic carbocycles. The third-order valence-electron chi connectivity index (χ3n) is 3.12. The molecule has 1 aliphatic rings. The summed E-state index contributed by atoms with van der Waals surface area (Å²) in [5, 5.41) is 0. The fraction of sp³-hybridized carbons (Fsp3) is 0.923. The lowest BCUT2D eigenvalue weighted by molar-refractivity contribution is 0.0282. The van der Waals surface area contributed by atoms with Crippen LogP contribution in [-0.2, 0) is 4.74 Å². The summed E-state index contributed by atoms with van der Waals surface area (Å²) in [5.41, 5.74) is -0.410. The zero-order valence-electron chi connectivity index (χ0n) is 11.8. The Balaban J connectivity index is 2.29. The standard InChI is InChI=1S/C13H26N2O2/c1-11-7-6-8-15(11)10-9-14(5)12(16)17-13(2,3)4/h11H,6-10H2,1-5H3. The maximum Gasteiger partial charge on any atom is 0.410 e. The first-order chi connectivity index (χ1) is 7.79. The second kappa shape index (κ2) is 5.71. The normalized spacial score (nSPS) is 21.6. The molecule has 0 aromatic heterocycles. The molecular weight excluding hydrogens is 216 g/mol. The highest BCUT2D eigenvalue weighted by molar-refractivity contribution is 5.67. The number of ether oxygens (including phenoxy) is 1. The summed E-state index contributed by atoms with van der Waals surface area (Å²) >= 11 is 0. The number of hydrogen-bond donors (Lipinski definition) is 0. The van der Waals surface area contributed by atoms with Gasteiger partial charge in [0.2, 0.25) is 0 Å². The van der Waals surface area contributed by atoms with Crippen LogP contribution in [0.3, 0.4) is 0 Å². The van der Waals surface area contributed by atoms with Crippen LogP contribution in [0, 0.1) is 0 Å². The van der Waals surface area contributed by atoms with Gasteiger partial charge in [-0.2, -0.15) is 0 Å². The minimum absolute atomic E-state index is 0.232. The second-order valence-electron chi connectivity index (χ2n) is 5.93. The minimum atomic E-state index is -0.410. The van der Waals surface area contributed by atoms with Gasteiger partial charge in [0.05, 0.1) is 0 Å². The zero-order valence-corrected chi connectivity index (χ0v) is 11.8. The van der Waals surface area contributed by atoms with E-state index in [9.17, 15) is 4.79 Å². The van der Waals surface area contributed by atoms with E-state index in [4.69, 9.17) is 4.74 Å². The van der Waals surface area contributed by atoms with E-state index in [0.29, 0.717) is 6.04 Å². The predicted octanol–water partition coefficient (Wildman–Crippen LogP) is 2.34. The van der Waals surface area contributed by atoms with Crippen molar-refractivity contribution < 1.29 is 9.53 Å². The molecule has 1 rings (SSSR count). The molecule has 1 amide bonds. The number of rotatable bonds is 3. The van der Waals surface area contributed by atoms with Crippen molar-refractivity contribution in [2.45, 2.75) is 52.2 Å². The Kier molecular flexibility index (Phi) is 4.80. The van der Waals surface area contributed by atoms with Gasteiger partial charge in [-0.25, -0.2) is 4.79 Å². The first-order valence-corrected chi connectivity index (χ1v) is 6.48. The number of carbonyl (C=O) groups excluding carboxylic acids is 1. The molecule has 1 fully saturated rings. The number of carbonyl (C=O) groups is 1. The molecule has 4 heteroatoms. The maximum absolute atomic E-state index is 11.7. The molecule has 0 saturated carbocycles. The van der Waals surface area contributed by atoms with Crippen LogP contribution < -0.4 is 0 Å². The summed E-state index contributed by atoms with van der Waals surface area (Å²) in [6.45, 7) is 10.8. The quantitative estimate of drug-likeness (QED) is 0.761. The molecule has 17 heavy (non-hydrogen) atoms. The van der Waals surface area contributed by atoms with Crippen molar-refractivity contribution >= 4 is 6.09 Å². The number of amides is 1. The summed E-state index contributed by atoms with van der Waals surface area (Å²) in [7, 11) is 1.80.